The van der Waals surface area contributed by atoms with E-state index in [0.717, 1.165) is 32.5 Å². The molecular weight excluding hydrogens is 288 g/mol. The van der Waals surface area contributed by atoms with E-state index in [1.807, 2.05) is 7.05 Å². The largest absolute Gasteiger partial charge is 0.362 e. The summed E-state index contributed by atoms with van der Waals surface area (Å²) in [5, 5.41) is 7.92. The molecule has 2 aliphatic rings. The fourth-order valence-electron chi connectivity index (χ4n) is 3.14. The molecule has 1 N–H and O–H groups in total. The second-order valence-corrected chi connectivity index (χ2v) is 6.58. The van der Waals surface area contributed by atoms with Crippen molar-refractivity contribution in [3.63, 3.8) is 0 Å². The molecule has 5 nitrogen and oxygen atoms in total. The lowest BCUT2D eigenvalue weighted by Gasteiger charge is -2.37. The van der Waals surface area contributed by atoms with E-state index in [0.29, 0.717) is 22.7 Å². The lowest BCUT2D eigenvalue weighted by Crippen LogP contribution is -2.48. The van der Waals surface area contributed by atoms with Gasteiger partial charge in [-0.1, -0.05) is 11.6 Å². The molecule has 0 aromatic carbocycles. The minimum absolute atomic E-state index is 0.0302. The zero-order chi connectivity index (χ0) is 14.8. The van der Waals surface area contributed by atoms with Gasteiger partial charge in [0.2, 0.25) is 0 Å². The number of hydrogen-bond donors (Lipinski definition) is 1. The lowest BCUT2D eigenvalue weighted by atomic mass is 10.0. The number of nitrogens with one attached hydrogen (secondary N) is 1. The Hall–Kier alpha value is -1.07. The van der Waals surface area contributed by atoms with Gasteiger partial charge in [0, 0.05) is 25.7 Å². The van der Waals surface area contributed by atoms with Crippen LogP contribution in [-0.4, -0.2) is 36.0 Å². The van der Waals surface area contributed by atoms with E-state index in [-0.39, 0.29) is 5.56 Å². The van der Waals surface area contributed by atoms with Crippen LogP contribution in [0.4, 0.5) is 5.69 Å². The molecule has 0 spiro atoms. The summed E-state index contributed by atoms with van der Waals surface area (Å²) in [4.78, 5) is 14.9. The molecule has 1 saturated heterocycles. The fraction of sp³-hybridized carbons (Fsp3) is 0.733. The first-order valence-corrected chi connectivity index (χ1v) is 8.25. The number of nitrogens with zero attached hydrogens (tertiary/aromatic N) is 3. The summed E-state index contributed by atoms with van der Waals surface area (Å²) in [6.07, 6.45) is 7.46. The summed E-state index contributed by atoms with van der Waals surface area (Å²) in [5.74, 6) is 0.624. The number of rotatable bonds is 5. The van der Waals surface area contributed by atoms with Gasteiger partial charge in [-0.2, -0.15) is 5.10 Å². The van der Waals surface area contributed by atoms with Crippen molar-refractivity contribution >= 4 is 17.3 Å². The molecule has 1 unspecified atom stereocenters. The lowest BCUT2D eigenvalue weighted by molar-refractivity contribution is 0.441. The molecule has 3 rings (SSSR count). The maximum absolute atomic E-state index is 12.8. The third-order valence-corrected chi connectivity index (χ3v) is 4.73. The van der Waals surface area contributed by atoms with Crippen molar-refractivity contribution < 1.29 is 0 Å². The number of piperidine rings is 1. The van der Waals surface area contributed by atoms with Gasteiger partial charge < -0.3 is 10.2 Å². The number of aromatic nitrogens is 2. The van der Waals surface area contributed by atoms with Gasteiger partial charge in [-0.05, 0) is 45.1 Å². The highest BCUT2D eigenvalue weighted by Crippen LogP contribution is 2.31. The predicted octanol–water partition coefficient (Wildman–Crippen LogP) is 1.89. The first-order valence-electron chi connectivity index (χ1n) is 7.87. The smallest absolute Gasteiger partial charge is 0.291 e. The highest BCUT2D eigenvalue weighted by molar-refractivity contribution is 6.33. The van der Waals surface area contributed by atoms with E-state index < -0.39 is 0 Å². The minimum Gasteiger partial charge on any atom is -0.362 e. The van der Waals surface area contributed by atoms with Gasteiger partial charge in [0.25, 0.3) is 5.56 Å². The monoisotopic (exact) mass is 310 g/mol. The van der Waals surface area contributed by atoms with Crippen molar-refractivity contribution in [2.24, 2.45) is 5.92 Å². The molecule has 1 aliphatic carbocycles. The van der Waals surface area contributed by atoms with Crippen LogP contribution in [0.15, 0.2) is 11.0 Å². The average Bonchev–Trinajstić information content (AvgIpc) is 3.28. The van der Waals surface area contributed by atoms with Crippen LogP contribution in [0.2, 0.25) is 5.02 Å². The number of halogens is 1. The normalized spacial score (nSPS) is 22.6. The van der Waals surface area contributed by atoms with Gasteiger partial charge in [0.15, 0.2) is 0 Å². The fourth-order valence-corrected chi connectivity index (χ4v) is 3.37. The van der Waals surface area contributed by atoms with Crippen LogP contribution < -0.4 is 15.8 Å². The summed E-state index contributed by atoms with van der Waals surface area (Å²) >= 11 is 6.31. The molecule has 2 fully saturated rings. The molecule has 0 radical (unpaired) electrons. The van der Waals surface area contributed by atoms with Crippen LogP contribution in [0.1, 0.15) is 32.1 Å². The third kappa shape index (κ3) is 3.24. The Bertz CT molecular complexity index is 553. The Morgan fingerprint density at radius 3 is 2.90 bits per heavy atom. The highest BCUT2D eigenvalue weighted by atomic mass is 35.5. The van der Waals surface area contributed by atoms with Crippen LogP contribution in [-0.2, 0) is 6.54 Å². The molecular formula is C15H23ClN4O. The standard InChI is InChI=1S/C15H23ClN4O/c1-17-8-12-4-2-3-7-19(12)14-13(16)9-18-20(15(14)21)10-11-5-6-11/h9,11-12,17H,2-8,10H2,1H3. The van der Waals surface area contributed by atoms with Gasteiger partial charge in [0.1, 0.15) is 5.69 Å². The summed E-state index contributed by atoms with van der Waals surface area (Å²) in [6.45, 7) is 2.50. The van der Waals surface area contributed by atoms with Crippen LogP contribution in [0, 0.1) is 5.92 Å². The number of hydrogen-bond acceptors (Lipinski definition) is 4. The van der Waals surface area contributed by atoms with E-state index >= 15 is 0 Å². The molecule has 1 aromatic rings. The summed E-state index contributed by atoms with van der Waals surface area (Å²) in [6, 6.07) is 0.339. The van der Waals surface area contributed by atoms with Crippen molar-refractivity contribution in [2.45, 2.75) is 44.7 Å². The second kappa shape index (κ2) is 6.36. The first-order chi connectivity index (χ1) is 10.2. The number of anilines is 1. The van der Waals surface area contributed by atoms with E-state index in [1.54, 1.807) is 10.9 Å². The van der Waals surface area contributed by atoms with Crippen molar-refractivity contribution in [3.05, 3.63) is 21.6 Å². The molecule has 1 aromatic heterocycles. The summed E-state index contributed by atoms with van der Waals surface area (Å²) in [7, 11) is 1.95. The third-order valence-electron chi connectivity index (χ3n) is 4.46. The Labute approximate surface area is 130 Å². The average molecular weight is 311 g/mol. The SMILES string of the molecule is CNCC1CCCCN1c1c(Cl)cnn(CC2CC2)c1=O. The Morgan fingerprint density at radius 2 is 2.19 bits per heavy atom. The van der Waals surface area contributed by atoms with Crippen LogP contribution >= 0.6 is 11.6 Å². The molecule has 0 bridgehead atoms. The Balaban J connectivity index is 1.92. The topological polar surface area (TPSA) is 50.2 Å². The van der Waals surface area contributed by atoms with Crippen LogP contribution in [0.5, 0.6) is 0 Å². The van der Waals surface area contributed by atoms with E-state index in [1.165, 1.54) is 19.3 Å². The zero-order valence-electron chi connectivity index (χ0n) is 12.5. The molecule has 21 heavy (non-hydrogen) atoms. The second-order valence-electron chi connectivity index (χ2n) is 6.17. The predicted molar refractivity (Wildman–Crippen MR) is 85.1 cm³/mol. The Morgan fingerprint density at radius 1 is 1.38 bits per heavy atom. The quantitative estimate of drug-likeness (QED) is 0.902. The van der Waals surface area contributed by atoms with E-state index in [4.69, 9.17) is 11.6 Å². The molecule has 1 saturated carbocycles. The van der Waals surface area contributed by atoms with Crippen LogP contribution in [0.3, 0.4) is 0 Å². The maximum Gasteiger partial charge on any atom is 0.291 e. The van der Waals surface area contributed by atoms with E-state index in [2.05, 4.69) is 15.3 Å². The van der Waals surface area contributed by atoms with Gasteiger partial charge >= 0.3 is 0 Å². The molecule has 6 heteroatoms. The molecule has 1 atom stereocenters. The van der Waals surface area contributed by atoms with Gasteiger partial charge in [-0.15, -0.1) is 0 Å². The molecule has 0 amide bonds. The van der Waals surface area contributed by atoms with Crippen molar-refractivity contribution in [1.82, 2.24) is 15.1 Å². The Kier molecular flexibility index (Phi) is 4.50. The van der Waals surface area contributed by atoms with Crippen molar-refractivity contribution in [2.75, 3.05) is 25.0 Å². The first kappa shape index (κ1) is 14.9. The highest BCUT2D eigenvalue weighted by Gasteiger charge is 2.28. The minimum atomic E-state index is -0.0302. The van der Waals surface area contributed by atoms with Gasteiger partial charge in [0.05, 0.1) is 11.2 Å². The molecule has 1 aliphatic heterocycles. The van der Waals surface area contributed by atoms with Gasteiger partial charge in [-0.3, -0.25) is 4.79 Å². The maximum atomic E-state index is 12.8. The molecule has 116 valence electrons. The van der Waals surface area contributed by atoms with Crippen molar-refractivity contribution in [1.29, 1.82) is 0 Å². The zero-order valence-corrected chi connectivity index (χ0v) is 13.3. The van der Waals surface area contributed by atoms with Gasteiger partial charge in [-0.25, -0.2) is 4.68 Å². The molecule has 2 heterocycles. The summed E-state index contributed by atoms with van der Waals surface area (Å²) < 4.78 is 1.60. The number of likely N-dealkylation sites (N-methyl/N-ethyl adjacent to an activating group) is 1. The van der Waals surface area contributed by atoms with Crippen LogP contribution in [0.25, 0.3) is 0 Å². The summed E-state index contributed by atoms with van der Waals surface area (Å²) in [5.41, 5.74) is 0.615. The van der Waals surface area contributed by atoms with E-state index in [9.17, 15) is 4.79 Å². The van der Waals surface area contributed by atoms with Crippen molar-refractivity contribution in [3.8, 4) is 0 Å².